The first kappa shape index (κ1) is 13.1. The standard InChI is InChI=1S/C13H21FN2/c1-10-5-6-12(9-13(10)14)11(2)16(3)8-4-7-15/h5-6,9,11H,4,7-8,15H2,1-3H3. The summed E-state index contributed by atoms with van der Waals surface area (Å²) in [5, 5.41) is 0. The smallest absolute Gasteiger partial charge is 0.126 e. The first-order valence-corrected chi connectivity index (χ1v) is 5.72. The number of benzene rings is 1. The first-order chi connectivity index (χ1) is 7.56. The monoisotopic (exact) mass is 224 g/mol. The predicted molar refractivity (Wildman–Crippen MR) is 65.9 cm³/mol. The van der Waals surface area contributed by atoms with E-state index in [1.165, 1.54) is 0 Å². The van der Waals surface area contributed by atoms with Crippen molar-refractivity contribution in [1.82, 2.24) is 4.90 Å². The molecule has 0 saturated heterocycles. The van der Waals surface area contributed by atoms with Crippen LogP contribution < -0.4 is 5.73 Å². The maximum atomic E-state index is 13.4. The Morgan fingerprint density at radius 1 is 1.44 bits per heavy atom. The molecule has 2 N–H and O–H groups in total. The number of aryl methyl sites for hydroxylation is 1. The molecule has 90 valence electrons. The molecule has 0 fully saturated rings. The molecule has 16 heavy (non-hydrogen) atoms. The Hall–Kier alpha value is -0.930. The zero-order chi connectivity index (χ0) is 12.1. The minimum absolute atomic E-state index is 0.128. The van der Waals surface area contributed by atoms with Crippen molar-refractivity contribution in [2.24, 2.45) is 5.73 Å². The number of hydrogen-bond donors (Lipinski definition) is 1. The van der Waals surface area contributed by atoms with Crippen LogP contribution in [0.2, 0.25) is 0 Å². The highest BCUT2D eigenvalue weighted by molar-refractivity contribution is 5.25. The van der Waals surface area contributed by atoms with Gasteiger partial charge in [0.05, 0.1) is 0 Å². The lowest BCUT2D eigenvalue weighted by Gasteiger charge is -2.25. The molecule has 1 rings (SSSR count). The van der Waals surface area contributed by atoms with Gasteiger partial charge in [-0.1, -0.05) is 12.1 Å². The van der Waals surface area contributed by atoms with E-state index in [-0.39, 0.29) is 11.9 Å². The maximum Gasteiger partial charge on any atom is 0.126 e. The van der Waals surface area contributed by atoms with Crippen molar-refractivity contribution in [3.05, 3.63) is 35.1 Å². The van der Waals surface area contributed by atoms with Crippen molar-refractivity contribution < 1.29 is 4.39 Å². The molecule has 3 heteroatoms. The van der Waals surface area contributed by atoms with Crippen LogP contribution in [0.3, 0.4) is 0 Å². The van der Waals surface area contributed by atoms with Crippen LogP contribution in [0.4, 0.5) is 4.39 Å². The fourth-order valence-electron chi connectivity index (χ4n) is 1.66. The van der Waals surface area contributed by atoms with Crippen molar-refractivity contribution in [3.8, 4) is 0 Å². The van der Waals surface area contributed by atoms with Gasteiger partial charge in [-0.25, -0.2) is 4.39 Å². The minimum atomic E-state index is -0.128. The van der Waals surface area contributed by atoms with Gasteiger partial charge in [0.1, 0.15) is 5.82 Å². The van der Waals surface area contributed by atoms with Crippen molar-refractivity contribution >= 4 is 0 Å². The van der Waals surface area contributed by atoms with E-state index in [0.717, 1.165) is 18.5 Å². The predicted octanol–water partition coefficient (Wildman–Crippen LogP) is 2.48. The summed E-state index contributed by atoms with van der Waals surface area (Å²) in [6.07, 6.45) is 0.967. The summed E-state index contributed by atoms with van der Waals surface area (Å²) < 4.78 is 13.4. The summed E-state index contributed by atoms with van der Waals surface area (Å²) in [4.78, 5) is 2.19. The Bertz CT molecular complexity index is 339. The highest BCUT2D eigenvalue weighted by Gasteiger charge is 2.12. The quantitative estimate of drug-likeness (QED) is 0.832. The van der Waals surface area contributed by atoms with Crippen molar-refractivity contribution in [1.29, 1.82) is 0 Å². The number of hydrogen-bond acceptors (Lipinski definition) is 2. The van der Waals surface area contributed by atoms with Crippen LogP contribution in [0.25, 0.3) is 0 Å². The largest absolute Gasteiger partial charge is 0.330 e. The van der Waals surface area contributed by atoms with E-state index in [1.54, 1.807) is 13.0 Å². The van der Waals surface area contributed by atoms with Crippen molar-refractivity contribution in [3.63, 3.8) is 0 Å². The third-order valence-corrected chi connectivity index (χ3v) is 3.05. The van der Waals surface area contributed by atoms with Gasteiger partial charge in [-0.15, -0.1) is 0 Å². The fraction of sp³-hybridized carbons (Fsp3) is 0.538. The van der Waals surface area contributed by atoms with Crippen LogP contribution in [0.15, 0.2) is 18.2 Å². The normalized spacial score (nSPS) is 13.1. The molecular weight excluding hydrogens is 203 g/mol. The van der Waals surface area contributed by atoms with E-state index in [0.29, 0.717) is 12.1 Å². The molecule has 1 unspecified atom stereocenters. The molecule has 0 saturated carbocycles. The topological polar surface area (TPSA) is 29.3 Å². The first-order valence-electron chi connectivity index (χ1n) is 5.72. The summed E-state index contributed by atoms with van der Waals surface area (Å²) >= 11 is 0. The molecule has 2 nitrogen and oxygen atoms in total. The lowest BCUT2D eigenvalue weighted by molar-refractivity contribution is 0.259. The highest BCUT2D eigenvalue weighted by Crippen LogP contribution is 2.20. The Balaban J connectivity index is 2.71. The molecule has 0 aliphatic carbocycles. The molecule has 1 atom stereocenters. The van der Waals surface area contributed by atoms with Crippen LogP contribution in [-0.4, -0.2) is 25.0 Å². The second-order valence-corrected chi connectivity index (χ2v) is 4.31. The molecule has 0 radical (unpaired) electrons. The number of rotatable bonds is 5. The van der Waals surface area contributed by atoms with Gasteiger partial charge in [-0.2, -0.15) is 0 Å². The molecule has 0 aliphatic heterocycles. The van der Waals surface area contributed by atoms with Crippen LogP contribution in [0, 0.1) is 12.7 Å². The van der Waals surface area contributed by atoms with Gasteiger partial charge in [0, 0.05) is 6.04 Å². The minimum Gasteiger partial charge on any atom is -0.330 e. The van der Waals surface area contributed by atoms with Crippen LogP contribution >= 0.6 is 0 Å². The van der Waals surface area contributed by atoms with Gasteiger partial charge < -0.3 is 5.73 Å². The second kappa shape index (κ2) is 5.97. The molecular formula is C13H21FN2. The van der Waals surface area contributed by atoms with E-state index in [2.05, 4.69) is 11.8 Å². The Kier molecular flexibility index (Phi) is 4.90. The zero-order valence-electron chi connectivity index (χ0n) is 10.3. The summed E-state index contributed by atoms with van der Waals surface area (Å²) in [5.74, 6) is -0.128. The van der Waals surface area contributed by atoms with Gasteiger partial charge in [0.15, 0.2) is 0 Å². The van der Waals surface area contributed by atoms with E-state index < -0.39 is 0 Å². The summed E-state index contributed by atoms with van der Waals surface area (Å²) in [5.41, 5.74) is 7.18. The summed E-state index contributed by atoms with van der Waals surface area (Å²) in [6.45, 7) is 5.50. The van der Waals surface area contributed by atoms with E-state index in [1.807, 2.05) is 19.2 Å². The lowest BCUT2D eigenvalue weighted by atomic mass is 10.0. The molecule has 0 heterocycles. The molecule has 0 amide bonds. The van der Waals surface area contributed by atoms with Gasteiger partial charge in [-0.05, 0) is 57.6 Å². The zero-order valence-corrected chi connectivity index (χ0v) is 10.3. The van der Waals surface area contributed by atoms with Gasteiger partial charge in [0.2, 0.25) is 0 Å². The van der Waals surface area contributed by atoms with Crippen LogP contribution in [0.5, 0.6) is 0 Å². The maximum absolute atomic E-state index is 13.4. The number of nitrogens with zero attached hydrogens (tertiary/aromatic N) is 1. The van der Waals surface area contributed by atoms with Crippen molar-refractivity contribution in [2.75, 3.05) is 20.1 Å². The molecule has 0 aliphatic rings. The Labute approximate surface area is 97.3 Å². The SMILES string of the molecule is Cc1ccc(C(C)N(C)CCCN)cc1F. The van der Waals surface area contributed by atoms with E-state index in [4.69, 9.17) is 5.73 Å². The molecule has 0 spiro atoms. The number of nitrogens with two attached hydrogens (primary N) is 1. The van der Waals surface area contributed by atoms with Crippen molar-refractivity contribution in [2.45, 2.75) is 26.3 Å². The van der Waals surface area contributed by atoms with Crippen LogP contribution in [-0.2, 0) is 0 Å². The molecule has 1 aromatic carbocycles. The lowest BCUT2D eigenvalue weighted by Crippen LogP contribution is -2.25. The second-order valence-electron chi connectivity index (χ2n) is 4.31. The Morgan fingerprint density at radius 3 is 2.69 bits per heavy atom. The van der Waals surface area contributed by atoms with Gasteiger partial charge in [-0.3, -0.25) is 4.90 Å². The molecule has 0 bridgehead atoms. The highest BCUT2D eigenvalue weighted by atomic mass is 19.1. The molecule has 1 aromatic rings. The Morgan fingerprint density at radius 2 is 2.12 bits per heavy atom. The fourth-order valence-corrected chi connectivity index (χ4v) is 1.66. The van der Waals surface area contributed by atoms with Crippen LogP contribution in [0.1, 0.15) is 30.5 Å². The van der Waals surface area contributed by atoms with Gasteiger partial charge in [0.25, 0.3) is 0 Å². The van der Waals surface area contributed by atoms with E-state index >= 15 is 0 Å². The third kappa shape index (κ3) is 3.29. The summed E-state index contributed by atoms with van der Waals surface area (Å²) in [6, 6.07) is 5.67. The molecule has 0 aromatic heterocycles. The number of halogens is 1. The van der Waals surface area contributed by atoms with Gasteiger partial charge >= 0.3 is 0 Å². The summed E-state index contributed by atoms with van der Waals surface area (Å²) in [7, 11) is 2.04. The average Bonchev–Trinajstić information content (AvgIpc) is 2.28. The van der Waals surface area contributed by atoms with E-state index in [9.17, 15) is 4.39 Å². The average molecular weight is 224 g/mol. The third-order valence-electron chi connectivity index (χ3n) is 3.05.